The van der Waals surface area contributed by atoms with Gasteiger partial charge in [-0.3, -0.25) is 4.79 Å². The first-order valence-electron chi connectivity index (χ1n) is 6.33. The van der Waals surface area contributed by atoms with E-state index in [1.54, 1.807) is 0 Å². The lowest BCUT2D eigenvalue weighted by atomic mass is 10.2. The topological polar surface area (TPSA) is 38.3 Å². The first-order valence-corrected chi connectivity index (χ1v) is 6.87. The van der Waals surface area contributed by atoms with Crippen LogP contribution in [0.1, 0.15) is 11.1 Å². The number of carbonyl (C=O) groups is 1. The Morgan fingerprint density at radius 3 is 2.15 bits per heavy atom. The zero-order valence-electron chi connectivity index (χ0n) is 11.2. The standard InChI is InChI=1S/C16H16ClNO2/c1-12-2-6-14(7-3-12)20-15-8-4-13(5-9-15)11-18-16(19)10-17/h2-9H,10-11H2,1H3,(H,18,19). The van der Waals surface area contributed by atoms with E-state index in [2.05, 4.69) is 5.32 Å². The number of hydrogen-bond acceptors (Lipinski definition) is 2. The molecule has 0 spiro atoms. The van der Waals surface area contributed by atoms with Crippen LogP contribution < -0.4 is 10.1 Å². The number of aryl methyl sites for hydroxylation is 1. The van der Waals surface area contributed by atoms with Crippen LogP contribution in [0.5, 0.6) is 11.5 Å². The molecule has 0 heterocycles. The van der Waals surface area contributed by atoms with Gasteiger partial charge in [0.15, 0.2) is 0 Å². The van der Waals surface area contributed by atoms with Gasteiger partial charge in [0.25, 0.3) is 0 Å². The summed E-state index contributed by atoms with van der Waals surface area (Å²) in [5.74, 6) is 1.38. The Kier molecular flexibility index (Phi) is 5.02. The first-order chi connectivity index (χ1) is 9.67. The molecule has 0 saturated heterocycles. The van der Waals surface area contributed by atoms with Crippen molar-refractivity contribution in [3.05, 3.63) is 59.7 Å². The molecule has 0 atom stereocenters. The fourth-order valence-corrected chi connectivity index (χ4v) is 1.76. The number of nitrogens with one attached hydrogen (secondary N) is 1. The molecule has 2 aromatic rings. The number of hydrogen-bond donors (Lipinski definition) is 1. The van der Waals surface area contributed by atoms with Crippen molar-refractivity contribution in [3.63, 3.8) is 0 Å². The van der Waals surface area contributed by atoms with Gasteiger partial charge in [0.2, 0.25) is 5.91 Å². The molecule has 0 aliphatic heterocycles. The highest BCUT2D eigenvalue weighted by molar-refractivity contribution is 6.27. The Balaban J connectivity index is 1.94. The molecule has 0 fully saturated rings. The van der Waals surface area contributed by atoms with Crippen LogP contribution in [-0.4, -0.2) is 11.8 Å². The molecule has 0 aliphatic rings. The van der Waals surface area contributed by atoms with E-state index >= 15 is 0 Å². The lowest BCUT2D eigenvalue weighted by molar-refractivity contribution is -0.118. The summed E-state index contributed by atoms with van der Waals surface area (Å²) >= 11 is 5.41. The fraction of sp³-hybridized carbons (Fsp3) is 0.188. The summed E-state index contributed by atoms with van der Waals surface area (Å²) in [5.41, 5.74) is 2.20. The minimum Gasteiger partial charge on any atom is -0.457 e. The van der Waals surface area contributed by atoms with Gasteiger partial charge >= 0.3 is 0 Å². The van der Waals surface area contributed by atoms with Gasteiger partial charge in [0.05, 0.1) is 0 Å². The summed E-state index contributed by atoms with van der Waals surface area (Å²) in [6.45, 7) is 2.50. The van der Waals surface area contributed by atoms with Crippen molar-refractivity contribution in [2.24, 2.45) is 0 Å². The first kappa shape index (κ1) is 14.4. The predicted octanol–water partition coefficient (Wildman–Crippen LogP) is 3.64. The van der Waals surface area contributed by atoms with Gasteiger partial charge in [0.1, 0.15) is 17.4 Å². The molecule has 0 bridgehead atoms. The second-order valence-electron chi connectivity index (χ2n) is 4.47. The Labute approximate surface area is 123 Å². The number of halogens is 1. The summed E-state index contributed by atoms with van der Waals surface area (Å²) in [7, 11) is 0. The summed E-state index contributed by atoms with van der Waals surface area (Å²) in [5, 5.41) is 2.71. The van der Waals surface area contributed by atoms with E-state index in [1.165, 1.54) is 5.56 Å². The van der Waals surface area contributed by atoms with Crippen LogP contribution in [0.3, 0.4) is 0 Å². The molecular formula is C16H16ClNO2. The zero-order valence-corrected chi connectivity index (χ0v) is 12.0. The molecule has 2 aromatic carbocycles. The average molecular weight is 290 g/mol. The maximum Gasteiger partial charge on any atom is 0.235 e. The minimum absolute atomic E-state index is 0.0192. The number of rotatable bonds is 5. The van der Waals surface area contributed by atoms with E-state index < -0.39 is 0 Å². The van der Waals surface area contributed by atoms with Gasteiger partial charge < -0.3 is 10.1 Å². The number of alkyl halides is 1. The van der Waals surface area contributed by atoms with Crippen molar-refractivity contribution in [2.75, 3.05) is 5.88 Å². The quantitative estimate of drug-likeness (QED) is 0.854. The maximum absolute atomic E-state index is 11.1. The smallest absolute Gasteiger partial charge is 0.235 e. The van der Waals surface area contributed by atoms with Crippen molar-refractivity contribution in [1.82, 2.24) is 5.32 Å². The van der Waals surface area contributed by atoms with Crippen LogP contribution in [0.2, 0.25) is 0 Å². The largest absolute Gasteiger partial charge is 0.457 e. The summed E-state index contributed by atoms with van der Waals surface area (Å²) in [6.07, 6.45) is 0. The lowest BCUT2D eigenvalue weighted by Crippen LogP contribution is -2.23. The highest BCUT2D eigenvalue weighted by Crippen LogP contribution is 2.21. The molecule has 4 heteroatoms. The Morgan fingerprint density at radius 1 is 1.05 bits per heavy atom. The molecule has 3 nitrogen and oxygen atoms in total. The third kappa shape index (κ3) is 4.28. The Morgan fingerprint density at radius 2 is 1.60 bits per heavy atom. The normalized spacial score (nSPS) is 10.1. The number of carbonyl (C=O) groups excluding carboxylic acids is 1. The van der Waals surface area contributed by atoms with Crippen LogP contribution >= 0.6 is 11.6 Å². The van der Waals surface area contributed by atoms with Crippen LogP contribution in [0.15, 0.2) is 48.5 Å². The maximum atomic E-state index is 11.1. The van der Waals surface area contributed by atoms with Crippen molar-refractivity contribution in [2.45, 2.75) is 13.5 Å². The van der Waals surface area contributed by atoms with Crippen LogP contribution in [0.4, 0.5) is 0 Å². The van der Waals surface area contributed by atoms with E-state index in [-0.39, 0.29) is 11.8 Å². The molecule has 0 unspecified atom stereocenters. The SMILES string of the molecule is Cc1ccc(Oc2ccc(CNC(=O)CCl)cc2)cc1. The molecule has 0 aliphatic carbocycles. The van der Waals surface area contributed by atoms with E-state index in [1.807, 2.05) is 55.5 Å². The van der Waals surface area contributed by atoms with E-state index in [9.17, 15) is 4.79 Å². The Hall–Kier alpha value is -2.00. The van der Waals surface area contributed by atoms with Gasteiger partial charge in [-0.1, -0.05) is 29.8 Å². The highest BCUT2D eigenvalue weighted by Gasteiger charge is 2.00. The van der Waals surface area contributed by atoms with E-state index in [0.717, 1.165) is 17.1 Å². The number of ether oxygens (including phenoxy) is 1. The molecule has 0 saturated carbocycles. The van der Waals surface area contributed by atoms with Crippen LogP contribution in [-0.2, 0) is 11.3 Å². The zero-order chi connectivity index (χ0) is 14.4. The average Bonchev–Trinajstić information content (AvgIpc) is 2.48. The molecule has 20 heavy (non-hydrogen) atoms. The van der Waals surface area contributed by atoms with Gasteiger partial charge in [-0.15, -0.1) is 11.6 Å². The molecule has 1 amide bonds. The third-order valence-corrected chi connectivity index (χ3v) is 3.03. The summed E-state index contributed by atoms with van der Waals surface area (Å²) in [6, 6.07) is 15.5. The van der Waals surface area contributed by atoms with Gasteiger partial charge in [-0.05, 0) is 36.8 Å². The van der Waals surface area contributed by atoms with Crippen LogP contribution in [0, 0.1) is 6.92 Å². The van der Waals surface area contributed by atoms with Gasteiger partial charge in [-0.25, -0.2) is 0 Å². The highest BCUT2D eigenvalue weighted by atomic mass is 35.5. The van der Waals surface area contributed by atoms with Crippen LogP contribution in [0.25, 0.3) is 0 Å². The molecule has 2 rings (SSSR count). The molecule has 0 aromatic heterocycles. The van der Waals surface area contributed by atoms with Crippen molar-refractivity contribution < 1.29 is 9.53 Å². The van der Waals surface area contributed by atoms with Gasteiger partial charge in [-0.2, -0.15) is 0 Å². The monoisotopic (exact) mass is 289 g/mol. The van der Waals surface area contributed by atoms with E-state index in [4.69, 9.17) is 16.3 Å². The number of amides is 1. The molecule has 0 radical (unpaired) electrons. The Bertz CT molecular complexity index is 564. The number of benzene rings is 2. The second kappa shape index (κ2) is 6.96. The fourth-order valence-electron chi connectivity index (χ4n) is 1.67. The van der Waals surface area contributed by atoms with Crippen molar-refractivity contribution in [3.8, 4) is 11.5 Å². The molecule has 104 valence electrons. The van der Waals surface area contributed by atoms with Crippen molar-refractivity contribution >= 4 is 17.5 Å². The molecular weight excluding hydrogens is 274 g/mol. The minimum atomic E-state index is -0.174. The lowest BCUT2D eigenvalue weighted by Gasteiger charge is -2.07. The van der Waals surface area contributed by atoms with E-state index in [0.29, 0.717) is 6.54 Å². The summed E-state index contributed by atoms with van der Waals surface area (Å²) < 4.78 is 5.73. The summed E-state index contributed by atoms with van der Waals surface area (Å²) in [4.78, 5) is 11.1. The predicted molar refractivity (Wildman–Crippen MR) is 80.3 cm³/mol. The third-order valence-electron chi connectivity index (χ3n) is 2.79. The second-order valence-corrected chi connectivity index (χ2v) is 4.74. The van der Waals surface area contributed by atoms with Crippen molar-refractivity contribution in [1.29, 1.82) is 0 Å². The molecule has 1 N–H and O–H groups in total. The van der Waals surface area contributed by atoms with Gasteiger partial charge in [0, 0.05) is 6.54 Å².